The molecule has 0 aliphatic rings. The van der Waals surface area contributed by atoms with E-state index in [1.165, 1.54) is 0 Å². The lowest BCUT2D eigenvalue weighted by Gasteiger charge is -2.10. The molecule has 0 unspecified atom stereocenters. The molecule has 0 bridgehead atoms. The summed E-state index contributed by atoms with van der Waals surface area (Å²) < 4.78 is 6.98. The number of aryl methyl sites for hydroxylation is 1. The molecule has 1 aromatic heterocycles. The molecule has 0 aliphatic carbocycles. The monoisotopic (exact) mass is 273 g/mol. The van der Waals surface area contributed by atoms with Crippen molar-refractivity contribution >= 4 is 5.97 Å². The van der Waals surface area contributed by atoms with Gasteiger partial charge in [-0.05, 0) is 36.6 Å². The molecule has 20 heavy (non-hydrogen) atoms. The first kappa shape index (κ1) is 14.3. The molecule has 0 spiro atoms. The predicted molar refractivity (Wildman–Crippen MR) is 76.6 cm³/mol. The zero-order valence-corrected chi connectivity index (χ0v) is 11.8. The predicted octanol–water partition coefficient (Wildman–Crippen LogP) is 2.51. The lowest BCUT2D eigenvalue weighted by atomic mass is 10.1. The van der Waals surface area contributed by atoms with Crippen molar-refractivity contribution in [2.45, 2.75) is 27.0 Å². The fourth-order valence-electron chi connectivity index (χ4n) is 2.14. The SMILES string of the molecule is CCOC(=O)c1c(C)ccn1Cc1ccc(CO)cc1. The molecule has 1 heterocycles. The zero-order chi connectivity index (χ0) is 14.5. The van der Waals surface area contributed by atoms with Crippen molar-refractivity contribution in [3.8, 4) is 0 Å². The topological polar surface area (TPSA) is 51.5 Å². The molecule has 4 heteroatoms. The Balaban J connectivity index is 2.22. The van der Waals surface area contributed by atoms with Gasteiger partial charge in [0.15, 0.2) is 0 Å². The summed E-state index contributed by atoms with van der Waals surface area (Å²) >= 11 is 0. The van der Waals surface area contributed by atoms with Gasteiger partial charge in [-0.1, -0.05) is 24.3 Å². The van der Waals surface area contributed by atoms with Gasteiger partial charge in [0.05, 0.1) is 13.2 Å². The maximum absolute atomic E-state index is 12.0. The Morgan fingerprint density at radius 3 is 2.45 bits per heavy atom. The molecule has 0 saturated heterocycles. The second-order valence-corrected chi connectivity index (χ2v) is 4.67. The number of ether oxygens (including phenoxy) is 1. The van der Waals surface area contributed by atoms with E-state index in [9.17, 15) is 4.79 Å². The van der Waals surface area contributed by atoms with Gasteiger partial charge in [0.1, 0.15) is 5.69 Å². The molecule has 0 amide bonds. The Kier molecular flexibility index (Phi) is 4.58. The Morgan fingerprint density at radius 2 is 1.85 bits per heavy atom. The second-order valence-electron chi connectivity index (χ2n) is 4.67. The summed E-state index contributed by atoms with van der Waals surface area (Å²) in [6.07, 6.45) is 1.89. The normalized spacial score (nSPS) is 10.6. The van der Waals surface area contributed by atoms with Gasteiger partial charge in [0, 0.05) is 12.7 Å². The van der Waals surface area contributed by atoms with Crippen LogP contribution in [0.5, 0.6) is 0 Å². The zero-order valence-electron chi connectivity index (χ0n) is 11.8. The third-order valence-electron chi connectivity index (χ3n) is 3.19. The van der Waals surface area contributed by atoms with Gasteiger partial charge in [-0.3, -0.25) is 0 Å². The molecular weight excluding hydrogens is 254 g/mol. The molecule has 0 fully saturated rings. The standard InChI is InChI=1S/C16H19NO3/c1-3-20-16(19)15-12(2)8-9-17(15)10-13-4-6-14(11-18)7-5-13/h4-9,18H,3,10-11H2,1-2H3. The highest BCUT2D eigenvalue weighted by Crippen LogP contribution is 2.15. The minimum atomic E-state index is -0.290. The Labute approximate surface area is 118 Å². The number of benzene rings is 1. The Hall–Kier alpha value is -2.07. The van der Waals surface area contributed by atoms with Crippen LogP contribution < -0.4 is 0 Å². The number of esters is 1. The van der Waals surface area contributed by atoms with Crippen molar-refractivity contribution in [3.63, 3.8) is 0 Å². The summed E-state index contributed by atoms with van der Waals surface area (Å²) in [5.41, 5.74) is 3.46. The molecule has 4 nitrogen and oxygen atoms in total. The van der Waals surface area contributed by atoms with Crippen LogP contribution in [0.15, 0.2) is 36.5 Å². The van der Waals surface area contributed by atoms with Crippen LogP contribution in [0.4, 0.5) is 0 Å². The molecule has 1 N–H and O–H groups in total. The van der Waals surface area contributed by atoms with Gasteiger partial charge in [-0.25, -0.2) is 4.79 Å². The van der Waals surface area contributed by atoms with Crippen molar-refractivity contribution < 1.29 is 14.6 Å². The fraction of sp³-hybridized carbons (Fsp3) is 0.312. The minimum Gasteiger partial charge on any atom is -0.461 e. The summed E-state index contributed by atoms with van der Waals surface area (Å²) in [7, 11) is 0. The largest absolute Gasteiger partial charge is 0.461 e. The third kappa shape index (κ3) is 3.08. The first-order chi connectivity index (χ1) is 9.65. The number of hydrogen-bond donors (Lipinski definition) is 1. The molecule has 1 aromatic carbocycles. The van der Waals surface area contributed by atoms with E-state index in [1.54, 1.807) is 6.92 Å². The molecule has 0 radical (unpaired) electrons. The molecule has 2 aromatic rings. The lowest BCUT2D eigenvalue weighted by Crippen LogP contribution is -2.13. The fourth-order valence-corrected chi connectivity index (χ4v) is 2.14. The van der Waals surface area contributed by atoms with Crippen LogP contribution in [-0.2, 0) is 17.9 Å². The molecule has 0 atom stereocenters. The number of aliphatic hydroxyl groups is 1. The van der Waals surface area contributed by atoms with E-state index in [0.717, 1.165) is 16.7 Å². The third-order valence-corrected chi connectivity index (χ3v) is 3.19. The van der Waals surface area contributed by atoms with E-state index < -0.39 is 0 Å². The number of aromatic nitrogens is 1. The van der Waals surface area contributed by atoms with E-state index in [1.807, 2.05) is 48.0 Å². The highest BCUT2D eigenvalue weighted by atomic mass is 16.5. The van der Waals surface area contributed by atoms with Crippen LogP contribution in [0.25, 0.3) is 0 Å². The van der Waals surface area contributed by atoms with Crippen LogP contribution in [0.1, 0.15) is 34.1 Å². The highest BCUT2D eigenvalue weighted by molar-refractivity contribution is 5.89. The summed E-state index contributed by atoms with van der Waals surface area (Å²) in [5, 5.41) is 9.03. The van der Waals surface area contributed by atoms with Crippen molar-refractivity contribution in [3.05, 3.63) is 58.9 Å². The average Bonchev–Trinajstić information content (AvgIpc) is 2.81. The van der Waals surface area contributed by atoms with Crippen LogP contribution in [0.2, 0.25) is 0 Å². The van der Waals surface area contributed by atoms with Gasteiger partial charge >= 0.3 is 5.97 Å². The van der Waals surface area contributed by atoms with Crippen LogP contribution in [-0.4, -0.2) is 22.2 Å². The molecule has 0 aliphatic heterocycles. The van der Waals surface area contributed by atoms with Gasteiger partial charge in [0.25, 0.3) is 0 Å². The van der Waals surface area contributed by atoms with Gasteiger partial charge in [0.2, 0.25) is 0 Å². The highest BCUT2D eigenvalue weighted by Gasteiger charge is 2.15. The maximum Gasteiger partial charge on any atom is 0.355 e. The van der Waals surface area contributed by atoms with Crippen molar-refractivity contribution in [2.75, 3.05) is 6.61 Å². The first-order valence-corrected chi connectivity index (χ1v) is 6.67. The van der Waals surface area contributed by atoms with Crippen molar-refractivity contribution in [2.24, 2.45) is 0 Å². The number of hydrogen-bond acceptors (Lipinski definition) is 3. The van der Waals surface area contributed by atoms with Gasteiger partial charge in [-0.2, -0.15) is 0 Å². The summed E-state index contributed by atoms with van der Waals surface area (Å²) in [6.45, 7) is 4.71. The second kappa shape index (κ2) is 6.39. The first-order valence-electron chi connectivity index (χ1n) is 6.67. The van der Waals surface area contributed by atoms with Gasteiger partial charge in [-0.15, -0.1) is 0 Å². The Morgan fingerprint density at radius 1 is 1.20 bits per heavy atom. The lowest BCUT2D eigenvalue weighted by molar-refractivity contribution is 0.0513. The van der Waals surface area contributed by atoms with Crippen molar-refractivity contribution in [1.82, 2.24) is 4.57 Å². The van der Waals surface area contributed by atoms with E-state index in [-0.39, 0.29) is 12.6 Å². The average molecular weight is 273 g/mol. The van der Waals surface area contributed by atoms with E-state index in [2.05, 4.69) is 0 Å². The Bertz CT molecular complexity index is 584. The van der Waals surface area contributed by atoms with E-state index in [4.69, 9.17) is 9.84 Å². The number of nitrogens with zero attached hydrogens (tertiary/aromatic N) is 1. The van der Waals surface area contributed by atoms with Crippen LogP contribution in [0, 0.1) is 6.92 Å². The molecule has 2 rings (SSSR count). The molecule has 106 valence electrons. The quantitative estimate of drug-likeness (QED) is 0.852. The van der Waals surface area contributed by atoms with E-state index in [0.29, 0.717) is 18.8 Å². The van der Waals surface area contributed by atoms with Crippen molar-refractivity contribution in [1.29, 1.82) is 0 Å². The van der Waals surface area contributed by atoms with E-state index >= 15 is 0 Å². The summed E-state index contributed by atoms with van der Waals surface area (Å²) in [6, 6.07) is 9.59. The minimum absolute atomic E-state index is 0.0387. The number of carbonyl (C=O) groups is 1. The van der Waals surface area contributed by atoms with Crippen LogP contribution in [0.3, 0.4) is 0 Å². The summed E-state index contributed by atoms with van der Waals surface area (Å²) in [5.74, 6) is -0.290. The number of aliphatic hydroxyl groups excluding tert-OH is 1. The molecular formula is C16H19NO3. The van der Waals surface area contributed by atoms with Gasteiger partial charge < -0.3 is 14.4 Å². The molecule has 0 saturated carbocycles. The maximum atomic E-state index is 12.0. The van der Waals surface area contributed by atoms with Crippen LogP contribution >= 0.6 is 0 Å². The number of carbonyl (C=O) groups excluding carboxylic acids is 1. The smallest absolute Gasteiger partial charge is 0.355 e. The number of rotatable bonds is 5. The summed E-state index contributed by atoms with van der Waals surface area (Å²) in [4.78, 5) is 12.0.